The highest BCUT2D eigenvalue weighted by Gasteiger charge is 2.36. The maximum Gasteiger partial charge on any atom is 0.0386 e. The monoisotopic (exact) mass is 291 g/mol. The average molecular weight is 291 g/mol. The van der Waals surface area contributed by atoms with Crippen molar-refractivity contribution in [2.75, 3.05) is 12.8 Å². The summed E-state index contributed by atoms with van der Waals surface area (Å²) in [5.41, 5.74) is 0. The molecule has 19 heavy (non-hydrogen) atoms. The van der Waals surface area contributed by atoms with Gasteiger partial charge < -0.3 is 5.32 Å². The molecule has 1 atom stereocenters. The zero-order valence-corrected chi connectivity index (χ0v) is 13.2. The maximum absolute atomic E-state index is 3.74. The van der Waals surface area contributed by atoms with Gasteiger partial charge in [-0.3, -0.25) is 0 Å². The van der Waals surface area contributed by atoms with E-state index in [4.69, 9.17) is 0 Å². The Morgan fingerprint density at radius 2 is 2.16 bits per heavy atom. The van der Waals surface area contributed by atoms with E-state index in [9.17, 15) is 0 Å². The number of benzene rings is 1. The van der Waals surface area contributed by atoms with Crippen molar-refractivity contribution < 1.29 is 0 Å². The van der Waals surface area contributed by atoms with Gasteiger partial charge in [0.1, 0.15) is 0 Å². The minimum Gasteiger partial charge on any atom is -0.308 e. The van der Waals surface area contributed by atoms with E-state index < -0.39 is 0 Å². The fourth-order valence-corrected chi connectivity index (χ4v) is 4.70. The van der Waals surface area contributed by atoms with E-state index in [0.717, 1.165) is 6.54 Å². The molecule has 1 saturated carbocycles. The van der Waals surface area contributed by atoms with Crippen molar-refractivity contribution in [2.24, 2.45) is 0 Å². The lowest BCUT2D eigenvalue weighted by molar-refractivity contribution is 0.335. The molecule has 1 heterocycles. The number of nitrogens with one attached hydrogen (secondary N) is 1. The molecule has 0 aliphatic heterocycles. The molecule has 0 bridgehead atoms. The van der Waals surface area contributed by atoms with Gasteiger partial charge in [-0.15, -0.1) is 11.3 Å². The molecule has 3 heteroatoms. The molecule has 1 aliphatic rings. The number of hydrogen-bond acceptors (Lipinski definition) is 3. The number of fused-ring (bicyclic) bond motifs is 1. The molecule has 0 saturated heterocycles. The van der Waals surface area contributed by atoms with Gasteiger partial charge in [-0.25, -0.2) is 0 Å². The number of hydrogen-bond donors (Lipinski definition) is 1. The predicted octanol–water partition coefficient (Wildman–Crippen LogP) is 4.84. The second kappa shape index (κ2) is 5.47. The molecule has 0 radical (unpaired) electrons. The van der Waals surface area contributed by atoms with Crippen molar-refractivity contribution in [3.8, 4) is 0 Å². The zero-order chi connectivity index (χ0) is 13.3. The summed E-state index contributed by atoms with van der Waals surface area (Å²) in [5.74, 6) is 0. The highest BCUT2D eigenvalue weighted by atomic mass is 32.2. The third-order valence-corrected chi connectivity index (χ3v) is 7.02. The van der Waals surface area contributed by atoms with E-state index in [1.165, 1.54) is 34.2 Å². The fraction of sp³-hybridized carbons (Fsp3) is 0.500. The highest BCUT2D eigenvalue weighted by Crippen LogP contribution is 2.42. The second-order valence-corrected chi connectivity index (χ2v) is 7.92. The van der Waals surface area contributed by atoms with Crippen LogP contribution in [-0.4, -0.2) is 17.5 Å². The summed E-state index contributed by atoms with van der Waals surface area (Å²) in [4.78, 5) is 1.46. The van der Waals surface area contributed by atoms with Crippen molar-refractivity contribution in [1.82, 2.24) is 5.32 Å². The summed E-state index contributed by atoms with van der Waals surface area (Å²) < 4.78 is 1.92. The first-order valence-corrected chi connectivity index (χ1v) is 9.04. The molecular formula is C16H21NS2. The Labute approximate surface area is 123 Å². The lowest BCUT2D eigenvalue weighted by atomic mass is 9.84. The Kier molecular flexibility index (Phi) is 3.88. The summed E-state index contributed by atoms with van der Waals surface area (Å²) in [7, 11) is 0. The molecule has 1 N–H and O–H groups in total. The molecule has 1 nitrogen and oxygen atoms in total. The molecule has 1 aromatic carbocycles. The number of thioether (sulfide) groups is 1. The summed E-state index contributed by atoms with van der Waals surface area (Å²) in [6, 6.07) is 11.5. The predicted molar refractivity (Wildman–Crippen MR) is 88.3 cm³/mol. The third-order valence-electron chi connectivity index (χ3n) is 4.30. The van der Waals surface area contributed by atoms with Crippen LogP contribution >= 0.6 is 23.1 Å². The summed E-state index contributed by atoms with van der Waals surface area (Å²) >= 11 is 3.96. The van der Waals surface area contributed by atoms with Crippen LogP contribution in [0, 0.1) is 0 Å². The van der Waals surface area contributed by atoms with Gasteiger partial charge >= 0.3 is 0 Å². The Morgan fingerprint density at radius 1 is 1.37 bits per heavy atom. The molecule has 2 aromatic rings. The first-order valence-electron chi connectivity index (χ1n) is 6.99. The lowest BCUT2D eigenvalue weighted by Crippen LogP contribution is -2.43. The third kappa shape index (κ3) is 2.69. The van der Waals surface area contributed by atoms with Gasteiger partial charge in [0.05, 0.1) is 0 Å². The van der Waals surface area contributed by atoms with Crippen LogP contribution in [0.4, 0.5) is 0 Å². The average Bonchev–Trinajstić information content (AvgIpc) is 2.81. The molecule has 1 aromatic heterocycles. The molecule has 1 fully saturated rings. The SMILES string of the molecule is CSC1(CNC(C)c2cc3ccccc3s2)CCC1. The zero-order valence-electron chi connectivity index (χ0n) is 11.6. The van der Waals surface area contributed by atoms with Gasteiger partial charge in [0, 0.05) is 26.9 Å². The fourth-order valence-electron chi connectivity index (χ4n) is 2.68. The van der Waals surface area contributed by atoms with Crippen LogP contribution in [0.5, 0.6) is 0 Å². The van der Waals surface area contributed by atoms with Gasteiger partial charge in [-0.2, -0.15) is 11.8 Å². The molecule has 0 spiro atoms. The summed E-state index contributed by atoms with van der Waals surface area (Å²) in [6.45, 7) is 3.43. The Balaban J connectivity index is 1.68. The van der Waals surface area contributed by atoms with E-state index in [2.05, 4.69) is 48.8 Å². The van der Waals surface area contributed by atoms with Crippen LogP contribution in [0.3, 0.4) is 0 Å². The van der Waals surface area contributed by atoms with Crippen molar-refractivity contribution in [3.63, 3.8) is 0 Å². The summed E-state index contributed by atoms with van der Waals surface area (Å²) in [5, 5.41) is 5.12. The van der Waals surface area contributed by atoms with E-state index in [-0.39, 0.29) is 0 Å². The van der Waals surface area contributed by atoms with Crippen molar-refractivity contribution in [1.29, 1.82) is 0 Å². The van der Waals surface area contributed by atoms with Crippen LogP contribution in [0.25, 0.3) is 10.1 Å². The molecule has 1 aliphatic carbocycles. The van der Waals surface area contributed by atoms with Crippen LogP contribution in [0.15, 0.2) is 30.3 Å². The lowest BCUT2D eigenvalue weighted by Gasteiger charge is -2.41. The number of thiophene rings is 1. The molecule has 3 rings (SSSR count). The van der Waals surface area contributed by atoms with Crippen LogP contribution in [0.1, 0.15) is 37.1 Å². The molecule has 0 amide bonds. The smallest absolute Gasteiger partial charge is 0.0386 e. The van der Waals surface area contributed by atoms with Gasteiger partial charge in [0.25, 0.3) is 0 Å². The van der Waals surface area contributed by atoms with E-state index >= 15 is 0 Å². The first-order chi connectivity index (χ1) is 9.22. The maximum atomic E-state index is 3.74. The van der Waals surface area contributed by atoms with E-state index in [1.54, 1.807) is 0 Å². The molecule has 102 valence electrons. The topological polar surface area (TPSA) is 12.0 Å². The second-order valence-electron chi connectivity index (χ2n) is 5.53. The van der Waals surface area contributed by atoms with Crippen molar-refractivity contribution >= 4 is 33.2 Å². The molecular weight excluding hydrogens is 270 g/mol. The Morgan fingerprint density at radius 3 is 2.79 bits per heavy atom. The minimum absolute atomic E-state index is 0.460. The standard InChI is InChI=1S/C16H21NS2/c1-12(17-11-16(18-2)8-5-9-16)15-10-13-6-3-4-7-14(13)19-15/h3-4,6-7,10,12,17H,5,8-9,11H2,1-2H3. The van der Waals surface area contributed by atoms with E-state index in [1.807, 2.05) is 23.1 Å². The molecule has 1 unspecified atom stereocenters. The van der Waals surface area contributed by atoms with Gasteiger partial charge in [-0.05, 0) is 43.5 Å². The van der Waals surface area contributed by atoms with Gasteiger partial charge in [-0.1, -0.05) is 24.6 Å². The minimum atomic E-state index is 0.460. The van der Waals surface area contributed by atoms with Gasteiger partial charge in [0.15, 0.2) is 0 Å². The normalized spacial score (nSPS) is 19.3. The van der Waals surface area contributed by atoms with E-state index in [0.29, 0.717) is 10.8 Å². The Hall–Kier alpha value is -0.510. The van der Waals surface area contributed by atoms with Crippen molar-refractivity contribution in [2.45, 2.75) is 37.0 Å². The van der Waals surface area contributed by atoms with Crippen LogP contribution in [-0.2, 0) is 0 Å². The van der Waals surface area contributed by atoms with Crippen LogP contribution in [0.2, 0.25) is 0 Å². The summed E-state index contributed by atoms with van der Waals surface area (Å²) in [6.07, 6.45) is 6.41. The highest BCUT2D eigenvalue weighted by molar-refractivity contribution is 8.00. The quantitative estimate of drug-likeness (QED) is 0.846. The van der Waals surface area contributed by atoms with Crippen LogP contribution < -0.4 is 5.32 Å². The Bertz CT molecular complexity index is 518. The number of rotatable bonds is 5. The van der Waals surface area contributed by atoms with Gasteiger partial charge in [0.2, 0.25) is 0 Å². The van der Waals surface area contributed by atoms with Crippen molar-refractivity contribution in [3.05, 3.63) is 35.2 Å². The first kappa shape index (κ1) is 13.5. The largest absolute Gasteiger partial charge is 0.308 e.